The summed E-state index contributed by atoms with van der Waals surface area (Å²) < 4.78 is 4.93. The van der Waals surface area contributed by atoms with E-state index >= 15 is 0 Å². The van der Waals surface area contributed by atoms with Crippen LogP contribution in [0.1, 0.15) is 24.0 Å². The second-order valence-corrected chi connectivity index (χ2v) is 4.77. The number of carbonyl (C=O) groups excluding carboxylic acids is 1. The molecule has 3 heteroatoms. The highest BCUT2D eigenvalue weighted by molar-refractivity contribution is 5.81. The number of hydrogen-bond acceptors (Lipinski definition) is 3. The van der Waals surface area contributed by atoms with Gasteiger partial charge in [0.2, 0.25) is 0 Å². The Balaban J connectivity index is 2.18. The van der Waals surface area contributed by atoms with Gasteiger partial charge in [0.25, 0.3) is 0 Å². The number of hydrogen-bond donors (Lipinski definition) is 1. The third-order valence-electron chi connectivity index (χ3n) is 3.45. The van der Waals surface area contributed by atoms with Gasteiger partial charge in [-0.1, -0.05) is 29.8 Å². The minimum absolute atomic E-state index is 0.143. The van der Waals surface area contributed by atoms with Gasteiger partial charge in [-0.05, 0) is 31.9 Å². The highest BCUT2D eigenvalue weighted by Gasteiger charge is 2.41. The van der Waals surface area contributed by atoms with Crippen molar-refractivity contribution < 1.29 is 9.53 Å². The Morgan fingerprint density at radius 3 is 2.65 bits per heavy atom. The van der Waals surface area contributed by atoms with E-state index in [0.29, 0.717) is 6.42 Å². The van der Waals surface area contributed by atoms with Crippen LogP contribution in [0.5, 0.6) is 0 Å². The largest absolute Gasteiger partial charge is 0.468 e. The van der Waals surface area contributed by atoms with Gasteiger partial charge in [-0.3, -0.25) is 4.79 Å². The van der Waals surface area contributed by atoms with Crippen molar-refractivity contribution in [2.45, 2.75) is 31.7 Å². The maximum absolute atomic E-state index is 11.9. The summed E-state index contributed by atoms with van der Waals surface area (Å²) in [6, 6.07) is 8.32. The lowest BCUT2D eigenvalue weighted by atomic mass is 9.89. The number of esters is 1. The van der Waals surface area contributed by atoms with E-state index < -0.39 is 5.54 Å². The van der Waals surface area contributed by atoms with Crippen molar-refractivity contribution in [3.8, 4) is 0 Å². The van der Waals surface area contributed by atoms with Gasteiger partial charge >= 0.3 is 5.97 Å². The van der Waals surface area contributed by atoms with E-state index in [1.807, 2.05) is 0 Å². The van der Waals surface area contributed by atoms with Crippen molar-refractivity contribution in [1.82, 2.24) is 5.32 Å². The van der Waals surface area contributed by atoms with Crippen LogP contribution in [0, 0.1) is 6.92 Å². The molecule has 0 saturated carbocycles. The molecule has 0 amide bonds. The van der Waals surface area contributed by atoms with Crippen LogP contribution in [0.3, 0.4) is 0 Å². The van der Waals surface area contributed by atoms with E-state index in [4.69, 9.17) is 4.74 Å². The Bertz CT molecular complexity index is 391. The molecule has 0 bridgehead atoms. The molecule has 17 heavy (non-hydrogen) atoms. The Morgan fingerprint density at radius 2 is 2.12 bits per heavy atom. The zero-order valence-corrected chi connectivity index (χ0v) is 10.5. The first-order valence-corrected chi connectivity index (χ1v) is 6.05. The monoisotopic (exact) mass is 233 g/mol. The van der Waals surface area contributed by atoms with Gasteiger partial charge in [0, 0.05) is 6.42 Å². The van der Waals surface area contributed by atoms with Crippen LogP contribution in [0.25, 0.3) is 0 Å². The fourth-order valence-corrected chi connectivity index (χ4v) is 2.45. The molecule has 1 saturated heterocycles. The smallest absolute Gasteiger partial charge is 0.326 e. The van der Waals surface area contributed by atoms with Gasteiger partial charge in [-0.15, -0.1) is 0 Å². The molecule has 1 aromatic rings. The van der Waals surface area contributed by atoms with Gasteiger partial charge in [0.1, 0.15) is 5.54 Å². The van der Waals surface area contributed by atoms with Gasteiger partial charge in [0.15, 0.2) is 0 Å². The highest BCUT2D eigenvalue weighted by atomic mass is 16.5. The van der Waals surface area contributed by atoms with E-state index in [0.717, 1.165) is 19.4 Å². The topological polar surface area (TPSA) is 38.3 Å². The van der Waals surface area contributed by atoms with Crippen molar-refractivity contribution >= 4 is 5.97 Å². The molecule has 1 aromatic carbocycles. The Kier molecular flexibility index (Phi) is 3.48. The van der Waals surface area contributed by atoms with E-state index in [2.05, 4.69) is 36.5 Å². The lowest BCUT2D eigenvalue weighted by molar-refractivity contribution is -0.148. The van der Waals surface area contributed by atoms with Crippen molar-refractivity contribution in [1.29, 1.82) is 0 Å². The minimum atomic E-state index is -0.510. The Hall–Kier alpha value is -1.35. The normalized spacial score (nSPS) is 23.6. The van der Waals surface area contributed by atoms with Crippen LogP contribution in [-0.4, -0.2) is 25.2 Å². The molecule has 3 nitrogen and oxygen atoms in total. The molecule has 0 aromatic heterocycles. The quantitative estimate of drug-likeness (QED) is 0.809. The molecule has 0 spiro atoms. The fourth-order valence-electron chi connectivity index (χ4n) is 2.45. The number of nitrogens with one attached hydrogen (secondary N) is 1. The summed E-state index contributed by atoms with van der Waals surface area (Å²) in [4.78, 5) is 11.9. The Morgan fingerprint density at radius 1 is 1.41 bits per heavy atom. The zero-order valence-electron chi connectivity index (χ0n) is 10.5. The van der Waals surface area contributed by atoms with E-state index in [9.17, 15) is 4.79 Å². The van der Waals surface area contributed by atoms with Crippen molar-refractivity contribution in [2.24, 2.45) is 0 Å². The maximum Gasteiger partial charge on any atom is 0.326 e. The first-order chi connectivity index (χ1) is 8.16. The maximum atomic E-state index is 11.9. The lowest BCUT2D eigenvalue weighted by Gasteiger charge is -2.26. The van der Waals surface area contributed by atoms with Crippen LogP contribution in [0.2, 0.25) is 0 Å². The summed E-state index contributed by atoms with van der Waals surface area (Å²) in [7, 11) is 1.46. The van der Waals surface area contributed by atoms with E-state index in [-0.39, 0.29) is 5.97 Å². The average Bonchev–Trinajstić information content (AvgIpc) is 2.81. The fraction of sp³-hybridized carbons (Fsp3) is 0.500. The summed E-state index contributed by atoms with van der Waals surface area (Å²) in [5.74, 6) is -0.143. The van der Waals surface area contributed by atoms with Crippen LogP contribution in [0.4, 0.5) is 0 Å². The van der Waals surface area contributed by atoms with Gasteiger partial charge in [-0.2, -0.15) is 0 Å². The summed E-state index contributed by atoms with van der Waals surface area (Å²) in [6.07, 6.45) is 2.59. The third-order valence-corrected chi connectivity index (χ3v) is 3.45. The molecule has 1 aliphatic heterocycles. The SMILES string of the molecule is COC(=O)C1(Cc2ccc(C)cc2)CCCN1. The number of ether oxygens (including phenoxy) is 1. The van der Waals surface area contributed by atoms with Gasteiger partial charge in [-0.25, -0.2) is 0 Å². The summed E-state index contributed by atoms with van der Waals surface area (Å²) in [6.45, 7) is 2.95. The van der Waals surface area contributed by atoms with E-state index in [1.54, 1.807) is 0 Å². The molecule has 2 rings (SSSR count). The molecule has 1 fully saturated rings. The van der Waals surface area contributed by atoms with E-state index in [1.165, 1.54) is 18.2 Å². The molecular formula is C14H19NO2. The molecular weight excluding hydrogens is 214 g/mol. The highest BCUT2D eigenvalue weighted by Crippen LogP contribution is 2.25. The Labute approximate surface area is 102 Å². The summed E-state index contributed by atoms with van der Waals surface area (Å²) in [5, 5.41) is 3.31. The summed E-state index contributed by atoms with van der Waals surface area (Å²) >= 11 is 0. The summed E-state index contributed by atoms with van der Waals surface area (Å²) in [5.41, 5.74) is 1.90. The second kappa shape index (κ2) is 4.88. The number of aryl methyl sites for hydroxylation is 1. The predicted molar refractivity (Wildman–Crippen MR) is 66.9 cm³/mol. The number of rotatable bonds is 3. The van der Waals surface area contributed by atoms with Crippen molar-refractivity contribution in [2.75, 3.05) is 13.7 Å². The van der Waals surface area contributed by atoms with Crippen molar-refractivity contribution in [3.63, 3.8) is 0 Å². The molecule has 0 aliphatic carbocycles. The first-order valence-electron chi connectivity index (χ1n) is 6.05. The zero-order chi connectivity index (χ0) is 12.3. The van der Waals surface area contributed by atoms with Crippen LogP contribution in [0.15, 0.2) is 24.3 Å². The predicted octanol–water partition coefficient (Wildman–Crippen LogP) is 1.83. The third kappa shape index (κ3) is 2.50. The molecule has 1 N–H and O–H groups in total. The molecule has 1 heterocycles. The molecule has 0 radical (unpaired) electrons. The lowest BCUT2D eigenvalue weighted by Crippen LogP contribution is -2.50. The molecule has 1 unspecified atom stereocenters. The van der Waals surface area contributed by atoms with Crippen LogP contribution < -0.4 is 5.32 Å². The van der Waals surface area contributed by atoms with Gasteiger partial charge in [0.05, 0.1) is 7.11 Å². The van der Waals surface area contributed by atoms with Crippen molar-refractivity contribution in [3.05, 3.63) is 35.4 Å². The van der Waals surface area contributed by atoms with Crippen LogP contribution in [-0.2, 0) is 16.0 Å². The molecule has 1 aliphatic rings. The minimum Gasteiger partial charge on any atom is -0.468 e. The van der Waals surface area contributed by atoms with Crippen LogP contribution >= 0.6 is 0 Å². The molecule has 92 valence electrons. The average molecular weight is 233 g/mol. The standard InChI is InChI=1S/C14H19NO2/c1-11-4-6-12(7-5-11)10-14(13(16)17-2)8-3-9-15-14/h4-7,15H,3,8-10H2,1-2H3. The molecule has 1 atom stereocenters. The second-order valence-electron chi connectivity index (χ2n) is 4.77. The van der Waals surface area contributed by atoms with Gasteiger partial charge < -0.3 is 10.1 Å². The number of methoxy groups -OCH3 is 1. The first kappa shape index (κ1) is 12.1. The number of benzene rings is 1. The number of carbonyl (C=O) groups is 1.